The molecule has 2 N–H and O–H groups in total. The highest BCUT2D eigenvalue weighted by Gasteiger charge is 2.03. The van der Waals surface area contributed by atoms with Crippen molar-refractivity contribution >= 4 is 5.69 Å². The van der Waals surface area contributed by atoms with Crippen LogP contribution in [0.1, 0.15) is 24.0 Å². The van der Waals surface area contributed by atoms with E-state index in [9.17, 15) is 0 Å². The maximum absolute atomic E-state index is 5.74. The van der Waals surface area contributed by atoms with Gasteiger partial charge in [-0.15, -0.1) is 11.8 Å². The number of benzene rings is 1. The van der Waals surface area contributed by atoms with Gasteiger partial charge < -0.3 is 5.73 Å². The molecule has 13 heavy (non-hydrogen) atoms. The number of nitrogen functional groups attached to an aromatic ring is 1. The Balaban J connectivity index is 2.35. The second-order valence-electron chi connectivity index (χ2n) is 3.38. The Bertz CT molecular complexity index is 368. The summed E-state index contributed by atoms with van der Waals surface area (Å²) < 4.78 is 0. The van der Waals surface area contributed by atoms with Crippen LogP contribution in [-0.2, 0) is 12.8 Å². The summed E-state index contributed by atoms with van der Waals surface area (Å²) in [5.41, 5.74) is 9.41. The molecule has 1 aromatic rings. The minimum absolute atomic E-state index is 0.868. The summed E-state index contributed by atoms with van der Waals surface area (Å²) in [5, 5.41) is 0. The Hall–Kier alpha value is -1.42. The zero-order valence-electron chi connectivity index (χ0n) is 7.64. The molecule has 0 fully saturated rings. The van der Waals surface area contributed by atoms with Crippen LogP contribution in [0.25, 0.3) is 0 Å². The van der Waals surface area contributed by atoms with Crippen LogP contribution >= 0.6 is 0 Å². The van der Waals surface area contributed by atoms with Crippen LogP contribution < -0.4 is 5.73 Å². The van der Waals surface area contributed by atoms with Gasteiger partial charge in [0.1, 0.15) is 0 Å². The summed E-state index contributed by atoms with van der Waals surface area (Å²) in [6, 6.07) is 6.20. The predicted octanol–water partition coefficient (Wildman–Crippen LogP) is 2.15. The van der Waals surface area contributed by atoms with Crippen LogP contribution in [0.3, 0.4) is 0 Å². The average molecular weight is 171 g/mol. The molecule has 0 saturated heterocycles. The zero-order chi connectivity index (χ0) is 9.10. The average Bonchev–Trinajstić information content (AvgIpc) is 2.08. The lowest BCUT2D eigenvalue weighted by Gasteiger charge is -2.09. The summed E-state index contributed by atoms with van der Waals surface area (Å²) in [4.78, 5) is 0. The first-order valence-corrected chi connectivity index (χ1v) is 4.69. The standard InChI is InChI=1S/C12H13N/c13-12-8-7-10-5-3-1-2-4-6-11(10)9-12/h7-9H,3-6,13H2. The van der Waals surface area contributed by atoms with E-state index in [0.717, 1.165) is 31.4 Å². The minimum Gasteiger partial charge on any atom is -0.399 e. The lowest BCUT2D eigenvalue weighted by atomic mass is 9.97. The van der Waals surface area contributed by atoms with Crippen molar-refractivity contribution < 1.29 is 0 Å². The number of anilines is 1. The molecule has 0 saturated carbocycles. The van der Waals surface area contributed by atoms with E-state index in [1.807, 2.05) is 6.07 Å². The van der Waals surface area contributed by atoms with Gasteiger partial charge in [-0.1, -0.05) is 6.07 Å². The van der Waals surface area contributed by atoms with E-state index >= 15 is 0 Å². The Kier molecular flexibility index (Phi) is 2.23. The summed E-state index contributed by atoms with van der Waals surface area (Å²) in [7, 11) is 0. The van der Waals surface area contributed by atoms with E-state index in [2.05, 4.69) is 24.0 Å². The number of nitrogens with two attached hydrogens (primary N) is 1. The minimum atomic E-state index is 0.868. The van der Waals surface area contributed by atoms with E-state index in [1.54, 1.807) is 0 Å². The smallest absolute Gasteiger partial charge is 0.0316 e. The lowest BCUT2D eigenvalue weighted by Crippen LogP contribution is -1.98. The first-order valence-electron chi connectivity index (χ1n) is 4.69. The van der Waals surface area contributed by atoms with Crippen LogP contribution in [0.5, 0.6) is 0 Å². The Morgan fingerprint density at radius 2 is 1.69 bits per heavy atom. The van der Waals surface area contributed by atoms with Crippen molar-refractivity contribution in [3.05, 3.63) is 29.3 Å². The molecule has 1 aliphatic carbocycles. The normalized spacial score (nSPS) is 14.8. The lowest BCUT2D eigenvalue weighted by molar-refractivity contribution is 0.928. The van der Waals surface area contributed by atoms with E-state index < -0.39 is 0 Å². The summed E-state index contributed by atoms with van der Waals surface area (Å²) in [6.45, 7) is 0. The van der Waals surface area contributed by atoms with Gasteiger partial charge in [0, 0.05) is 18.5 Å². The van der Waals surface area contributed by atoms with Gasteiger partial charge in [-0.2, -0.15) is 0 Å². The highest BCUT2D eigenvalue weighted by atomic mass is 14.5. The van der Waals surface area contributed by atoms with E-state index in [4.69, 9.17) is 5.73 Å². The Morgan fingerprint density at radius 1 is 1.00 bits per heavy atom. The summed E-state index contributed by atoms with van der Waals surface area (Å²) >= 11 is 0. The SMILES string of the molecule is Nc1ccc2c(c1)CCC#CCC2. The van der Waals surface area contributed by atoms with E-state index in [0.29, 0.717) is 0 Å². The van der Waals surface area contributed by atoms with Crippen LogP contribution in [0.2, 0.25) is 0 Å². The van der Waals surface area contributed by atoms with Crippen LogP contribution in [0.15, 0.2) is 18.2 Å². The summed E-state index contributed by atoms with van der Waals surface area (Å²) in [5.74, 6) is 6.32. The van der Waals surface area contributed by atoms with Crippen molar-refractivity contribution in [2.45, 2.75) is 25.7 Å². The van der Waals surface area contributed by atoms with Crippen molar-refractivity contribution in [1.82, 2.24) is 0 Å². The molecule has 1 aliphatic rings. The molecule has 0 aromatic heterocycles. The van der Waals surface area contributed by atoms with Gasteiger partial charge in [0.15, 0.2) is 0 Å². The van der Waals surface area contributed by atoms with Gasteiger partial charge in [0.25, 0.3) is 0 Å². The second-order valence-corrected chi connectivity index (χ2v) is 3.38. The molecule has 1 heteroatoms. The van der Waals surface area contributed by atoms with Crippen molar-refractivity contribution in [2.24, 2.45) is 0 Å². The fraction of sp³-hybridized carbons (Fsp3) is 0.333. The molecule has 2 rings (SSSR count). The van der Waals surface area contributed by atoms with Gasteiger partial charge in [0.2, 0.25) is 0 Å². The van der Waals surface area contributed by atoms with Crippen LogP contribution in [-0.4, -0.2) is 0 Å². The number of fused-ring (bicyclic) bond motifs is 1. The number of aryl methyl sites for hydroxylation is 2. The third-order valence-corrected chi connectivity index (χ3v) is 2.39. The monoisotopic (exact) mass is 171 g/mol. The topological polar surface area (TPSA) is 26.0 Å². The quantitative estimate of drug-likeness (QED) is 0.470. The van der Waals surface area contributed by atoms with Crippen LogP contribution in [0, 0.1) is 11.8 Å². The Labute approximate surface area is 79.0 Å². The molecule has 0 radical (unpaired) electrons. The maximum atomic E-state index is 5.74. The number of hydrogen-bond donors (Lipinski definition) is 1. The van der Waals surface area contributed by atoms with Gasteiger partial charge in [-0.05, 0) is 36.1 Å². The van der Waals surface area contributed by atoms with Crippen molar-refractivity contribution in [2.75, 3.05) is 5.73 Å². The first kappa shape index (κ1) is 8.19. The highest BCUT2D eigenvalue weighted by molar-refractivity contribution is 5.45. The molecule has 0 bridgehead atoms. The fourth-order valence-corrected chi connectivity index (χ4v) is 1.69. The maximum Gasteiger partial charge on any atom is 0.0316 e. The largest absolute Gasteiger partial charge is 0.399 e. The zero-order valence-corrected chi connectivity index (χ0v) is 7.64. The van der Waals surface area contributed by atoms with Gasteiger partial charge in [-0.3, -0.25) is 0 Å². The third-order valence-electron chi connectivity index (χ3n) is 2.39. The van der Waals surface area contributed by atoms with Crippen molar-refractivity contribution in [1.29, 1.82) is 0 Å². The molecular weight excluding hydrogens is 158 g/mol. The third kappa shape index (κ3) is 1.84. The molecule has 0 aliphatic heterocycles. The molecule has 0 heterocycles. The highest BCUT2D eigenvalue weighted by Crippen LogP contribution is 2.18. The van der Waals surface area contributed by atoms with Crippen molar-refractivity contribution in [3.63, 3.8) is 0 Å². The molecule has 1 nitrogen and oxygen atoms in total. The van der Waals surface area contributed by atoms with Gasteiger partial charge >= 0.3 is 0 Å². The molecular formula is C12H13N. The molecule has 0 atom stereocenters. The molecule has 0 unspecified atom stereocenters. The van der Waals surface area contributed by atoms with Crippen LogP contribution in [0.4, 0.5) is 5.69 Å². The molecule has 1 aromatic carbocycles. The number of rotatable bonds is 0. The molecule has 0 amide bonds. The van der Waals surface area contributed by atoms with E-state index in [-0.39, 0.29) is 0 Å². The second kappa shape index (κ2) is 3.53. The first-order chi connectivity index (χ1) is 6.36. The summed E-state index contributed by atoms with van der Waals surface area (Å²) in [6.07, 6.45) is 4.07. The number of hydrogen-bond acceptors (Lipinski definition) is 1. The molecule has 0 spiro atoms. The fourth-order valence-electron chi connectivity index (χ4n) is 1.69. The Morgan fingerprint density at radius 3 is 2.46 bits per heavy atom. The van der Waals surface area contributed by atoms with Gasteiger partial charge in [-0.25, -0.2) is 0 Å². The molecule has 66 valence electrons. The predicted molar refractivity (Wildman–Crippen MR) is 55.3 cm³/mol. The van der Waals surface area contributed by atoms with Gasteiger partial charge in [0.05, 0.1) is 0 Å². The van der Waals surface area contributed by atoms with E-state index in [1.165, 1.54) is 11.1 Å². The van der Waals surface area contributed by atoms with Crippen molar-refractivity contribution in [3.8, 4) is 11.8 Å².